The highest BCUT2D eigenvalue weighted by molar-refractivity contribution is 5.90. The second-order valence-electron chi connectivity index (χ2n) is 5.38. The van der Waals surface area contributed by atoms with Gasteiger partial charge in [-0.05, 0) is 42.3 Å². The lowest BCUT2D eigenvalue weighted by atomic mass is 10.1. The first-order chi connectivity index (χ1) is 11.1. The molecule has 0 spiro atoms. The topological polar surface area (TPSA) is 72.7 Å². The number of carbonyl (C=O) groups excluding carboxylic acids is 1. The van der Waals surface area contributed by atoms with Crippen LogP contribution in [-0.4, -0.2) is 26.1 Å². The molecule has 0 unspecified atom stereocenters. The number of rotatable bonds is 4. The minimum atomic E-state index is -0.190. The van der Waals surface area contributed by atoms with Gasteiger partial charge in [-0.1, -0.05) is 36.4 Å². The van der Waals surface area contributed by atoms with Crippen LogP contribution in [0.5, 0.6) is 0 Å². The average Bonchev–Trinajstić information content (AvgIpc) is 2.95. The monoisotopic (exact) mass is 307 g/mol. The zero-order valence-electron chi connectivity index (χ0n) is 13.0. The summed E-state index contributed by atoms with van der Waals surface area (Å²) < 4.78 is 0. The Kier molecular flexibility index (Phi) is 4.14. The Morgan fingerprint density at radius 1 is 1.13 bits per heavy atom. The van der Waals surface area contributed by atoms with E-state index in [2.05, 4.69) is 20.7 Å². The standard InChI is InChI=1S/C17H17N5O/c1-12-6-5-8-14(10-12)18-16(23)11-22-20-17(19-21-22)15-9-4-3-7-13(15)2/h3-10H,11H2,1-2H3,(H,18,23). The lowest BCUT2D eigenvalue weighted by Gasteiger charge is -2.05. The van der Waals surface area contributed by atoms with Crippen molar-refractivity contribution in [1.82, 2.24) is 20.2 Å². The maximum absolute atomic E-state index is 12.1. The molecule has 6 heteroatoms. The quantitative estimate of drug-likeness (QED) is 0.804. The smallest absolute Gasteiger partial charge is 0.248 e. The summed E-state index contributed by atoms with van der Waals surface area (Å²) in [6, 6.07) is 15.4. The lowest BCUT2D eigenvalue weighted by molar-refractivity contribution is -0.117. The first-order valence-corrected chi connectivity index (χ1v) is 7.32. The normalized spacial score (nSPS) is 10.5. The predicted molar refractivity (Wildman–Crippen MR) is 87.8 cm³/mol. The van der Waals surface area contributed by atoms with Gasteiger partial charge in [-0.25, -0.2) is 0 Å². The van der Waals surface area contributed by atoms with Crippen molar-refractivity contribution >= 4 is 11.6 Å². The van der Waals surface area contributed by atoms with Gasteiger partial charge in [-0.15, -0.1) is 10.2 Å². The molecular weight excluding hydrogens is 290 g/mol. The number of amides is 1. The van der Waals surface area contributed by atoms with Crippen LogP contribution in [0, 0.1) is 13.8 Å². The fourth-order valence-corrected chi connectivity index (χ4v) is 2.29. The number of hydrogen-bond acceptors (Lipinski definition) is 4. The molecule has 0 aliphatic carbocycles. The summed E-state index contributed by atoms with van der Waals surface area (Å²) >= 11 is 0. The van der Waals surface area contributed by atoms with Crippen LogP contribution < -0.4 is 5.32 Å². The number of hydrogen-bond donors (Lipinski definition) is 1. The van der Waals surface area contributed by atoms with E-state index >= 15 is 0 Å². The Bertz CT molecular complexity index is 840. The fraction of sp³-hybridized carbons (Fsp3) is 0.176. The first kappa shape index (κ1) is 14.9. The number of aromatic nitrogens is 4. The molecule has 1 amide bonds. The molecule has 1 heterocycles. The largest absolute Gasteiger partial charge is 0.324 e. The van der Waals surface area contributed by atoms with E-state index in [0.717, 1.165) is 22.4 Å². The third-order valence-electron chi connectivity index (χ3n) is 3.43. The van der Waals surface area contributed by atoms with Gasteiger partial charge in [0.15, 0.2) is 0 Å². The zero-order valence-corrected chi connectivity index (χ0v) is 13.0. The van der Waals surface area contributed by atoms with Crippen LogP contribution >= 0.6 is 0 Å². The maximum atomic E-state index is 12.1. The van der Waals surface area contributed by atoms with E-state index in [-0.39, 0.29) is 12.5 Å². The minimum Gasteiger partial charge on any atom is -0.324 e. The van der Waals surface area contributed by atoms with Gasteiger partial charge in [0, 0.05) is 11.3 Å². The van der Waals surface area contributed by atoms with Gasteiger partial charge >= 0.3 is 0 Å². The van der Waals surface area contributed by atoms with Crippen molar-refractivity contribution < 1.29 is 4.79 Å². The van der Waals surface area contributed by atoms with Crippen molar-refractivity contribution in [2.24, 2.45) is 0 Å². The second kappa shape index (κ2) is 6.39. The Morgan fingerprint density at radius 3 is 2.74 bits per heavy atom. The molecule has 0 fully saturated rings. The van der Waals surface area contributed by atoms with Crippen LogP contribution in [0.1, 0.15) is 11.1 Å². The van der Waals surface area contributed by atoms with Crippen molar-refractivity contribution in [3.8, 4) is 11.4 Å². The minimum absolute atomic E-state index is 0.0207. The Morgan fingerprint density at radius 2 is 1.96 bits per heavy atom. The van der Waals surface area contributed by atoms with Crippen molar-refractivity contribution in [3.05, 3.63) is 59.7 Å². The molecule has 3 aromatic rings. The lowest BCUT2D eigenvalue weighted by Crippen LogP contribution is -2.20. The molecule has 116 valence electrons. The molecule has 0 aliphatic rings. The van der Waals surface area contributed by atoms with Gasteiger partial charge in [0.25, 0.3) is 0 Å². The van der Waals surface area contributed by atoms with Gasteiger partial charge in [-0.3, -0.25) is 4.79 Å². The predicted octanol–water partition coefficient (Wildman–Crippen LogP) is 2.60. The molecule has 1 N–H and O–H groups in total. The summed E-state index contributed by atoms with van der Waals surface area (Å²) in [6.07, 6.45) is 0. The summed E-state index contributed by atoms with van der Waals surface area (Å²) in [7, 11) is 0. The van der Waals surface area contributed by atoms with Crippen LogP contribution in [0.3, 0.4) is 0 Å². The summed E-state index contributed by atoms with van der Waals surface area (Å²) in [4.78, 5) is 13.4. The molecule has 0 bridgehead atoms. The number of tetrazole rings is 1. The molecule has 2 aromatic carbocycles. The summed E-state index contributed by atoms with van der Waals surface area (Å²) in [5, 5.41) is 15.1. The van der Waals surface area contributed by atoms with E-state index in [9.17, 15) is 4.79 Å². The van der Waals surface area contributed by atoms with Crippen LogP contribution in [0.25, 0.3) is 11.4 Å². The first-order valence-electron chi connectivity index (χ1n) is 7.32. The van der Waals surface area contributed by atoms with E-state index in [4.69, 9.17) is 0 Å². The second-order valence-corrected chi connectivity index (χ2v) is 5.38. The molecule has 0 saturated carbocycles. The molecular formula is C17H17N5O. The van der Waals surface area contributed by atoms with E-state index in [1.807, 2.05) is 62.4 Å². The van der Waals surface area contributed by atoms with E-state index < -0.39 is 0 Å². The van der Waals surface area contributed by atoms with Crippen molar-refractivity contribution in [2.45, 2.75) is 20.4 Å². The van der Waals surface area contributed by atoms with Gasteiger partial charge in [0.05, 0.1) is 0 Å². The van der Waals surface area contributed by atoms with Gasteiger partial charge < -0.3 is 5.32 Å². The molecule has 3 rings (SSSR count). The number of benzene rings is 2. The number of anilines is 1. The summed E-state index contributed by atoms with van der Waals surface area (Å²) in [5.41, 5.74) is 3.83. The van der Waals surface area contributed by atoms with E-state index in [1.165, 1.54) is 4.80 Å². The zero-order chi connectivity index (χ0) is 16.2. The van der Waals surface area contributed by atoms with E-state index in [0.29, 0.717) is 5.82 Å². The maximum Gasteiger partial charge on any atom is 0.248 e. The number of carbonyl (C=O) groups is 1. The van der Waals surface area contributed by atoms with Gasteiger partial charge in [0.2, 0.25) is 11.7 Å². The highest BCUT2D eigenvalue weighted by Gasteiger charge is 2.11. The molecule has 1 aromatic heterocycles. The highest BCUT2D eigenvalue weighted by Crippen LogP contribution is 2.17. The van der Waals surface area contributed by atoms with E-state index in [1.54, 1.807) is 0 Å². The fourth-order valence-electron chi connectivity index (χ4n) is 2.29. The SMILES string of the molecule is Cc1cccc(NC(=O)Cn2nnc(-c3ccccc3C)n2)c1. The Hall–Kier alpha value is -3.02. The third-order valence-corrected chi connectivity index (χ3v) is 3.43. The molecule has 0 saturated heterocycles. The van der Waals surface area contributed by atoms with Crippen LogP contribution in [-0.2, 0) is 11.3 Å². The highest BCUT2D eigenvalue weighted by atomic mass is 16.2. The summed E-state index contributed by atoms with van der Waals surface area (Å²) in [6.45, 7) is 3.98. The Labute approximate surface area is 134 Å². The molecule has 0 atom stereocenters. The van der Waals surface area contributed by atoms with Crippen molar-refractivity contribution in [2.75, 3.05) is 5.32 Å². The molecule has 23 heavy (non-hydrogen) atoms. The van der Waals surface area contributed by atoms with Crippen LogP contribution in [0.4, 0.5) is 5.69 Å². The molecule has 0 aliphatic heterocycles. The third kappa shape index (κ3) is 3.60. The molecule has 6 nitrogen and oxygen atoms in total. The van der Waals surface area contributed by atoms with Crippen molar-refractivity contribution in [1.29, 1.82) is 0 Å². The Balaban J connectivity index is 1.69. The number of aryl methyl sites for hydroxylation is 2. The average molecular weight is 307 g/mol. The molecule has 0 radical (unpaired) electrons. The number of nitrogens with zero attached hydrogens (tertiary/aromatic N) is 4. The summed E-state index contributed by atoms with van der Waals surface area (Å²) in [5.74, 6) is 0.329. The number of nitrogens with one attached hydrogen (secondary N) is 1. The van der Waals surface area contributed by atoms with Crippen LogP contribution in [0.15, 0.2) is 48.5 Å². The van der Waals surface area contributed by atoms with Crippen LogP contribution in [0.2, 0.25) is 0 Å². The van der Waals surface area contributed by atoms with Gasteiger partial charge in [0.1, 0.15) is 6.54 Å². The van der Waals surface area contributed by atoms with Crippen molar-refractivity contribution in [3.63, 3.8) is 0 Å². The van der Waals surface area contributed by atoms with Gasteiger partial charge in [-0.2, -0.15) is 4.80 Å².